The van der Waals surface area contributed by atoms with Gasteiger partial charge >= 0.3 is 0 Å². The van der Waals surface area contributed by atoms with E-state index in [9.17, 15) is 0 Å². The third-order valence-corrected chi connectivity index (χ3v) is 4.10. The number of hydrogen-bond donors (Lipinski definition) is 1. The average Bonchev–Trinajstić information content (AvgIpc) is 2.45. The van der Waals surface area contributed by atoms with Gasteiger partial charge in [0, 0.05) is 12.2 Å². The Morgan fingerprint density at radius 3 is 2.84 bits per heavy atom. The van der Waals surface area contributed by atoms with Crippen LogP contribution >= 0.6 is 0 Å². The van der Waals surface area contributed by atoms with Gasteiger partial charge in [0.05, 0.1) is 13.3 Å². The van der Waals surface area contributed by atoms with Crippen LogP contribution in [-0.2, 0) is 0 Å². The monoisotopic (exact) mass is 262 g/mol. The predicted molar refractivity (Wildman–Crippen MR) is 78.6 cm³/mol. The van der Waals surface area contributed by atoms with Crippen molar-refractivity contribution in [2.45, 2.75) is 51.5 Å². The Morgan fingerprint density at radius 1 is 1.32 bits per heavy atom. The van der Waals surface area contributed by atoms with Crippen LogP contribution in [0.3, 0.4) is 0 Å². The van der Waals surface area contributed by atoms with E-state index in [2.05, 4.69) is 30.2 Å². The second-order valence-corrected chi connectivity index (χ2v) is 5.87. The summed E-state index contributed by atoms with van der Waals surface area (Å²) < 4.78 is 5.30. The third kappa shape index (κ3) is 3.93. The third-order valence-electron chi connectivity index (χ3n) is 4.10. The lowest BCUT2D eigenvalue weighted by atomic mass is 9.76. The Bertz CT molecular complexity index is 392. The summed E-state index contributed by atoms with van der Waals surface area (Å²) in [6.45, 7) is 5.54. The Labute approximate surface area is 116 Å². The van der Waals surface area contributed by atoms with Gasteiger partial charge in [-0.25, -0.2) is 0 Å². The zero-order valence-corrected chi connectivity index (χ0v) is 12.4. The summed E-state index contributed by atoms with van der Waals surface area (Å²) in [7, 11) is 1.71. The van der Waals surface area contributed by atoms with Gasteiger partial charge in [-0.15, -0.1) is 0 Å². The summed E-state index contributed by atoms with van der Waals surface area (Å²) in [5.74, 6) is 2.23. The Morgan fingerprint density at radius 2 is 2.11 bits per heavy atom. The van der Waals surface area contributed by atoms with Gasteiger partial charge in [-0.2, -0.15) is 0 Å². The average molecular weight is 262 g/mol. The molecule has 0 aliphatic heterocycles. The molecule has 2 rings (SSSR count). The van der Waals surface area contributed by atoms with Crippen molar-refractivity contribution in [3.8, 4) is 5.75 Å². The Balaban J connectivity index is 2.09. The summed E-state index contributed by atoms with van der Waals surface area (Å²) in [5, 5.41) is 3.59. The first-order valence-electron chi connectivity index (χ1n) is 7.43. The molecule has 1 aliphatic carbocycles. The molecule has 106 valence electrons. The van der Waals surface area contributed by atoms with Crippen molar-refractivity contribution >= 4 is 0 Å². The highest BCUT2D eigenvalue weighted by molar-refractivity contribution is 5.27. The number of methoxy groups -OCH3 is 1. The van der Waals surface area contributed by atoms with E-state index in [1.165, 1.54) is 31.2 Å². The summed E-state index contributed by atoms with van der Waals surface area (Å²) in [6.07, 6.45) is 9.09. The minimum Gasteiger partial charge on any atom is -0.495 e. The highest BCUT2D eigenvalue weighted by atomic mass is 16.5. The van der Waals surface area contributed by atoms with E-state index < -0.39 is 0 Å². The Hall–Kier alpha value is -1.09. The van der Waals surface area contributed by atoms with Crippen LogP contribution in [0.2, 0.25) is 0 Å². The molecule has 2 unspecified atom stereocenters. The number of nitrogens with one attached hydrogen (secondary N) is 1. The maximum atomic E-state index is 5.30. The van der Waals surface area contributed by atoms with Gasteiger partial charge in [-0.1, -0.05) is 26.7 Å². The number of pyridine rings is 1. The van der Waals surface area contributed by atoms with E-state index >= 15 is 0 Å². The summed E-state index contributed by atoms with van der Waals surface area (Å²) in [6, 6.07) is 2.72. The summed E-state index contributed by atoms with van der Waals surface area (Å²) in [5.41, 5.74) is 1.34. The number of nitrogens with zero attached hydrogens (tertiary/aromatic N) is 1. The van der Waals surface area contributed by atoms with E-state index in [1.54, 1.807) is 13.3 Å². The second kappa shape index (κ2) is 6.90. The summed E-state index contributed by atoms with van der Waals surface area (Å²) >= 11 is 0. The number of hydrogen-bond acceptors (Lipinski definition) is 3. The van der Waals surface area contributed by atoms with Crippen LogP contribution in [0.1, 0.15) is 51.0 Å². The van der Waals surface area contributed by atoms with Crippen molar-refractivity contribution in [3.63, 3.8) is 0 Å². The lowest BCUT2D eigenvalue weighted by Crippen LogP contribution is -2.33. The van der Waals surface area contributed by atoms with Crippen molar-refractivity contribution in [2.24, 2.45) is 5.92 Å². The van der Waals surface area contributed by atoms with E-state index in [4.69, 9.17) is 4.74 Å². The molecule has 1 N–H and O–H groups in total. The van der Waals surface area contributed by atoms with Crippen LogP contribution in [0.15, 0.2) is 18.5 Å². The molecule has 3 nitrogen and oxygen atoms in total. The van der Waals surface area contributed by atoms with Gasteiger partial charge in [-0.05, 0) is 42.9 Å². The van der Waals surface area contributed by atoms with Crippen LogP contribution in [0.25, 0.3) is 0 Å². The molecule has 0 spiro atoms. The van der Waals surface area contributed by atoms with Crippen LogP contribution in [0.4, 0.5) is 0 Å². The summed E-state index contributed by atoms with van der Waals surface area (Å²) in [4.78, 5) is 4.31. The molecule has 0 bridgehead atoms. The Kier molecular flexibility index (Phi) is 5.20. The lowest BCUT2D eigenvalue weighted by Gasteiger charge is -2.32. The quantitative estimate of drug-likeness (QED) is 0.883. The largest absolute Gasteiger partial charge is 0.495 e. The second-order valence-electron chi connectivity index (χ2n) is 5.87. The van der Waals surface area contributed by atoms with Gasteiger partial charge in [0.2, 0.25) is 0 Å². The maximum absolute atomic E-state index is 5.30. The number of ether oxygens (including phenoxy) is 1. The van der Waals surface area contributed by atoms with Gasteiger partial charge in [-0.3, -0.25) is 4.98 Å². The predicted octanol–water partition coefficient (Wildman–Crippen LogP) is 3.36. The molecule has 2 atom stereocenters. The molecule has 1 fully saturated rings. The smallest absolute Gasteiger partial charge is 0.137 e. The normalized spacial score (nSPS) is 23.6. The lowest BCUT2D eigenvalue weighted by molar-refractivity contribution is 0.288. The SMILES string of the molecule is COc1cncc(C2CCCCC2CNC(C)C)c1. The van der Waals surface area contributed by atoms with Gasteiger partial charge in [0.25, 0.3) is 0 Å². The molecule has 1 aromatic rings. The van der Waals surface area contributed by atoms with Crippen LogP contribution in [0, 0.1) is 5.92 Å². The molecule has 1 aliphatic rings. The molecule has 1 heterocycles. The van der Waals surface area contributed by atoms with Crippen molar-refractivity contribution in [1.82, 2.24) is 10.3 Å². The number of aromatic nitrogens is 1. The first kappa shape index (κ1) is 14.3. The van der Waals surface area contributed by atoms with E-state index in [0.717, 1.165) is 18.2 Å². The maximum Gasteiger partial charge on any atom is 0.137 e. The standard InChI is InChI=1S/C16H26N2O/c1-12(2)18-10-13-6-4-5-7-16(13)14-8-15(19-3)11-17-9-14/h8-9,11-13,16,18H,4-7,10H2,1-3H3. The minimum atomic E-state index is 0.561. The van der Waals surface area contributed by atoms with E-state index in [-0.39, 0.29) is 0 Å². The van der Waals surface area contributed by atoms with Crippen molar-refractivity contribution in [2.75, 3.05) is 13.7 Å². The molecule has 1 saturated carbocycles. The molecular formula is C16H26N2O. The van der Waals surface area contributed by atoms with E-state index in [0.29, 0.717) is 12.0 Å². The highest BCUT2D eigenvalue weighted by Gasteiger charge is 2.26. The first-order chi connectivity index (χ1) is 9.20. The minimum absolute atomic E-state index is 0.561. The molecule has 0 saturated heterocycles. The zero-order valence-electron chi connectivity index (χ0n) is 12.4. The van der Waals surface area contributed by atoms with Gasteiger partial charge in [0.1, 0.15) is 5.75 Å². The fraction of sp³-hybridized carbons (Fsp3) is 0.688. The molecule has 0 amide bonds. The van der Waals surface area contributed by atoms with Crippen LogP contribution < -0.4 is 10.1 Å². The van der Waals surface area contributed by atoms with Gasteiger partial charge < -0.3 is 10.1 Å². The molecule has 0 aromatic carbocycles. The fourth-order valence-corrected chi connectivity index (χ4v) is 3.03. The molecule has 0 radical (unpaired) electrons. The van der Waals surface area contributed by atoms with Crippen LogP contribution in [0.5, 0.6) is 5.75 Å². The topological polar surface area (TPSA) is 34.1 Å². The molecular weight excluding hydrogens is 236 g/mol. The molecule has 19 heavy (non-hydrogen) atoms. The molecule has 3 heteroatoms. The first-order valence-corrected chi connectivity index (χ1v) is 7.43. The fourth-order valence-electron chi connectivity index (χ4n) is 3.03. The van der Waals surface area contributed by atoms with Crippen molar-refractivity contribution in [1.29, 1.82) is 0 Å². The van der Waals surface area contributed by atoms with Crippen molar-refractivity contribution < 1.29 is 4.74 Å². The van der Waals surface area contributed by atoms with Crippen molar-refractivity contribution in [3.05, 3.63) is 24.0 Å². The highest BCUT2D eigenvalue weighted by Crippen LogP contribution is 2.38. The van der Waals surface area contributed by atoms with Gasteiger partial charge in [0.15, 0.2) is 0 Å². The zero-order chi connectivity index (χ0) is 13.7. The van der Waals surface area contributed by atoms with Crippen LogP contribution in [-0.4, -0.2) is 24.7 Å². The number of rotatable bonds is 5. The van der Waals surface area contributed by atoms with E-state index in [1.807, 2.05) is 6.20 Å². The molecule has 1 aromatic heterocycles.